The van der Waals surface area contributed by atoms with Crippen LogP contribution in [0.4, 0.5) is 5.69 Å². The van der Waals surface area contributed by atoms with Gasteiger partial charge in [0.25, 0.3) is 0 Å². The SMILES string of the molecule is CCOc1c(N)c2c(CCCO)cccc2n1-c1ccccc1. The second-order valence-corrected chi connectivity index (χ2v) is 5.46. The fourth-order valence-electron chi connectivity index (χ4n) is 3.01. The third-order valence-corrected chi connectivity index (χ3v) is 3.97. The highest BCUT2D eigenvalue weighted by atomic mass is 16.5. The van der Waals surface area contributed by atoms with Gasteiger partial charge in [-0.15, -0.1) is 0 Å². The lowest BCUT2D eigenvalue weighted by atomic mass is 10.0. The van der Waals surface area contributed by atoms with Crippen LogP contribution in [0.15, 0.2) is 48.5 Å². The van der Waals surface area contributed by atoms with Crippen LogP contribution < -0.4 is 10.5 Å². The van der Waals surface area contributed by atoms with Crippen molar-refractivity contribution in [3.8, 4) is 11.6 Å². The molecule has 0 radical (unpaired) electrons. The number of ether oxygens (including phenoxy) is 1. The van der Waals surface area contributed by atoms with E-state index in [2.05, 4.69) is 16.7 Å². The molecule has 0 saturated carbocycles. The first-order valence-electron chi connectivity index (χ1n) is 7.98. The summed E-state index contributed by atoms with van der Waals surface area (Å²) in [7, 11) is 0. The van der Waals surface area contributed by atoms with Gasteiger partial charge in [0.05, 0.1) is 12.1 Å². The van der Waals surface area contributed by atoms with Gasteiger partial charge in [0, 0.05) is 17.7 Å². The summed E-state index contributed by atoms with van der Waals surface area (Å²) in [6, 6.07) is 16.2. The Balaban J connectivity index is 2.27. The number of nitrogens with zero attached hydrogens (tertiary/aromatic N) is 1. The maximum Gasteiger partial charge on any atom is 0.223 e. The summed E-state index contributed by atoms with van der Waals surface area (Å²) in [5.41, 5.74) is 10.3. The van der Waals surface area contributed by atoms with Gasteiger partial charge in [0.1, 0.15) is 5.69 Å². The normalized spacial score (nSPS) is 11.0. The number of aliphatic hydroxyl groups excluding tert-OH is 1. The standard InChI is InChI=1S/C19H22N2O2/c1-2-23-19-18(20)17-14(9-7-13-22)8-6-12-16(17)21(19)15-10-4-3-5-11-15/h3-6,8,10-12,22H,2,7,9,13,20H2,1H3. The van der Waals surface area contributed by atoms with E-state index in [9.17, 15) is 0 Å². The Kier molecular flexibility index (Phi) is 4.53. The molecule has 0 bridgehead atoms. The maximum atomic E-state index is 9.13. The van der Waals surface area contributed by atoms with Crippen molar-refractivity contribution in [3.63, 3.8) is 0 Å². The third kappa shape index (κ3) is 2.78. The van der Waals surface area contributed by atoms with Gasteiger partial charge in [0.2, 0.25) is 5.88 Å². The molecular weight excluding hydrogens is 288 g/mol. The van der Waals surface area contributed by atoms with Crippen LogP contribution in [0.25, 0.3) is 16.6 Å². The second kappa shape index (κ2) is 6.75. The average molecular weight is 310 g/mol. The molecule has 2 aromatic carbocycles. The molecule has 3 aromatic rings. The smallest absolute Gasteiger partial charge is 0.223 e. The second-order valence-electron chi connectivity index (χ2n) is 5.46. The molecule has 4 nitrogen and oxygen atoms in total. The molecule has 1 heterocycles. The van der Waals surface area contributed by atoms with Gasteiger partial charge in [0.15, 0.2) is 0 Å². The number of benzene rings is 2. The van der Waals surface area contributed by atoms with Crippen molar-refractivity contribution in [2.45, 2.75) is 19.8 Å². The van der Waals surface area contributed by atoms with Crippen molar-refractivity contribution in [2.75, 3.05) is 18.9 Å². The fraction of sp³-hybridized carbons (Fsp3) is 0.263. The minimum Gasteiger partial charge on any atom is -0.477 e. The molecule has 0 unspecified atom stereocenters. The molecule has 0 spiro atoms. The first-order valence-corrected chi connectivity index (χ1v) is 7.98. The number of fused-ring (bicyclic) bond motifs is 1. The first kappa shape index (κ1) is 15.4. The first-order chi connectivity index (χ1) is 11.3. The molecule has 4 heteroatoms. The van der Waals surface area contributed by atoms with Crippen molar-refractivity contribution in [3.05, 3.63) is 54.1 Å². The predicted octanol–water partition coefficient (Wildman–Crippen LogP) is 3.54. The van der Waals surface area contributed by atoms with Gasteiger partial charge in [-0.3, -0.25) is 4.57 Å². The zero-order valence-corrected chi connectivity index (χ0v) is 13.3. The van der Waals surface area contributed by atoms with E-state index in [1.165, 1.54) is 0 Å². The van der Waals surface area contributed by atoms with Gasteiger partial charge in [-0.25, -0.2) is 0 Å². The predicted molar refractivity (Wildman–Crippen MR) is 94.3 cm³/mol. The maximum absolute atomic E-state index is 9.13. The Hall–Kier alpha value is -2.46. The topological polar surface area (TPSA) is 60.4 Å². The van der Waals surface area contributed by atoms with Crippen LogP contribution >= 0.6 is 0 Å². The van der Waals surface area contributed by atoms with Crippen LogP contribution in [0.2, 0.25) is 0 Å². The van der Waals surface area contributed by atoms with E-state index in [-0.39, 0.29) is 6.61 Å². The molecule has 0 aliphatic carbocycles. The van der Waals surface area contributed by atoms with E-state index in [1.54, 1.807) is 0 Å². The van der Waals surface area contributed by atoms with E-state index >= 15 is 0 Å². The van der Waals surface area contributed by atoms with Gasteiger partial charge < -0.3 is 15.6 Å². The van der Waals surface area contributed by atoms with E-state index < -0.39 is 0 Å². The molecule has 0 aliphatic rings. The molecule has 0 atom stereocenters. The summed E-state index contributed by atoms with van der Waals surface area (Å²) in [4.78, 5) is 0. The van der Waals surface area contributed by atoms with Gasteiger partial charge in [-0.2, -0.15) is 0 Å². The van der Waals surface area contributed by atoms with Gasteiger partial charge in [-0.1, -0.05) is 30.3 Å². The van der Waals surface area contributed by atoms with E-state index in [4.69, 9.17) is 15.6 Å². The van der Waals surface area contributed by atoms with Crippen LogP contribution in [-0.4, -0.2) is 22.9 Å². The lowest BCUT2D eigenvalue weighted by molar-refractivity contribution is 0.289. The number of rotatable bonds is 6. The van der Waals surface area contributed by atoms with Crippen molar-refractivity contribution < 1.29 is 9.84 Å². The fourth-order valence-corrected chi connectivity index (χ4v) is 3.01. The molecule has 0 amide bonds. The number of aliphatic hydroxyl groups is 1. The highest BCUT2D eigenvalue weighted by Crippen LogP contribution is 2.39. The lowest BCUT2D eigenvalue weighted by Gasteiger charge is -2.11. The quantitative estimate of drug-likeness (QED) is 0.732. The number of nitrogen functional groups attached to an aromatic ring is 1. The largest absolute Gasteiger partial charge is 0.477 e. The number of aromatic nitrogens is 1. The molecule has 0 saturated heterocycles. The Morgan fingerprint density at radius 1 is 1.09 bits per heavy atom. The summed E-state index contributed by atoms with van der Waals surface area (Å²) >= 11 is 0. The average Bonchev–Trinajstić information content (AvgIpc) is 2.87. The zero-order valence-electron chi connectivity index (χ0n) is 13.3. The number of hydrogen-bond acceptors (Lipinski definition) is 3. The van der Waals surface area contributed by atoms with Crippen LogP contribution in [0.1, 0.15) is 18.9 Å². The number of para-hydroxylation sites is 1. The minimum atomic E-state index is 0.175. The van der Waals surface area contributed by atoms with E-state index in [0.717, 1.165) is 35.0 Å². The van der Waals surface area contributed by atoms with Crippen LogP contribution in [-0.2, 0) is 6.42 Å². The van der Waals surface area contributed by atoms with Crippen LogP contribution in [0, 0.1) is 0 Å². The Morgan fingerprint density at radius 3 is 2.57 bits per heavy atom. The van der Waals surface area contributed by atoms with Crippen molar-refractivity contribution in [1.82, 2.24) is 4.57 Å². The number of anilines is 1. The van der Waals surface area contributed by atoms with Crippen LogP contribution in [0.3, 0.4) is 0 Å². The Bertz CT molecular complexity index is 794. The molecule has 0 aliphatic heterocycles. The molecule has 3 rings (SSSR count). The summed E-state index contributed by atoms with van der Waals surface area (Å²) < 4.78 is 7.92. The van der Waals surface area contributed by atoms with Crippen molar-refractivity contribution in [2.24, 2.45) is 0 Å². The number of aryl methyl sites for hydroxylation is 1. The summed E-state index contributed by atoms with van der Waals surface area (Å²) in [5.74, 6) is 0.685. The minimum absolute atomic E-state index is 0.175. The van der Waals surface area contributed by atoms with Gasteiger partial charge >= 0.3 is 0 Å². The third-order valence-electron chi connectivity index (χ3n) is 3.97. The molecule has 1 aromatic heterocycles. The van der Waals surface area contributed by atoms with Crippen molar-refractivity contribution >= 4 is 16.6 Å². The number of nitrogens with two attached hydrogens (primary N) is 1. The Morgan fingerprint density at radius 2 is 1.87 bits per heavy atom. The van der Waals surface area contributed by atoms with Crippen molar-refractivity contribution in [1.29, 1.82) is 0 Å². The molecule has 0 fully saturated rings. The number of hydrogen-bond donors (Lipinski definition) is 2. The Labute approximate surface area is 136 Å². The summed E-state index contributed by atoms with van der Waals surface area (Å²) in [6.45, 7) is 2.69. The summed E-state index contributed by atoms with van der Waals surface area (Å²) in [5, 5.41) is 10.2. The van der Waals surface area contributed by atoms with E-state index in [0.29, 0.717) is 18.2 Å². The highest BCUT2D eigenvalue weighted by Gasteiger charge is 2.19. The molecule has 120 valence electrons. The van der Waals surface area contributed by atoms with Crippen LogP contribution in [0.5, 0.6) is 5.88 Å². The monoisotopic (exact) mass is 310 g/mol. The molecule has 23 heavy (non-hydrogen) atoms. The lowest BCUT2D eigenvalue weighted by Crippen LogP contribution is -2.02. The summed E-state index contributed by atoms with van der Waals surface area (Å²) in [6.07, 6.45) is 1.52. The zero-order chi connectivity index (χ0) is 16.2. The van der Waals surface area contributed by atoms with Gasteiger partial charge in [-0.05, 0) is 43.5 Å². The highest BCUT2D eigenvalue weighted by molar-refractivity contribution is 5.99. The van der Waals surface area contributed by atoms with E-state index in [1.807, 2.05) is 43.3 Å². The molecule has 3 N–H and O–H groups in total. The molecular formula is C19H22N2O2.